The lowest BCUT2D eigenvalue weighted by molar-refractivity contribution is 0.715. The second-order valence-corrected chi connectivity index (χ2v) is 4.92. The smallest absolute Gasteiger partial charge is 0.256 e. The summed E-state index contributed by atoms with van der Waals surface area (Å²) in [4.78, 5) is 15.1. The normalized spacial score (nSPS) is 14.6. The van der Waals surface area contributed by atoms with E-state index in [4.69, 9.17) is 11.6 Å². The number of aromatic nitrogens is 5. The predicted molar refractivity (Wildman–Crippen MR) is 72.6 cm³/mol. The van der Waals surface area contributed by atoms with Crippen molar-refractivity contribution in [1.82, 2.24) is 24.7 Å². The van der Waals surface area contributed by atoms with Gasteiger partial charge in [-0.05, 0) is 36.9 Å². The van der Waals surface area contributed by atoms with Gasteiger partial charge in [0, 0.05) is 25.0 Å². The van der Waals surface area contributed by atoms with Crippen LogP contribution in [0.1, 0.15) is 26.2 Å². The predicted octanol–water partition coefficient (Wildman–Crippen LogP) is 2.09. The molecule has 0 spiro atoms. The summed E-state index contributed by atoms with van der Waals surface area (Å²) in [5.41, 5.74) is 0. The highest BCUT2D eigenvalue weighted by Crippen LogP contribution is 2.30. The first-order valence-electron chi connectivity index (χ1n) is 6.46. The second kappa shape index (κ2) is 5.13. The molecule has 0 aliphatic heterocycles. The third kappa shape index (κ3) is 2.68. The van der Waals surface area contributed by atoms with Crippen LogP contribution in [0.25, 0.3) is 5.95 Å². The Morgan fingerprint density at radius 1 is 1.37 bits per heavy atom. The van der Waals surface area contributed by atoms with Crippen LogP contribution in [-0.2, 0) is 0 Å². The quantitative estimate of drug-likeness (QED) is 0.838. The molecule has 2 aromatic heterocycles. The van der Waals surface area contributed by atoms with Gasteiger partial charge in [-0.3, -0.25) is 0 Å². The summed E-state index contributed by atoms with van der Waals surface area (Å²) in [5, 5.41) is 4.33. The van der Waals surface area contributed by atoms with Crippen LogP contribution in [0, 0.1) is 0 Å². The van der Waals surface area contributed by atoms with E-state index in [1.807, 2.05) is 6.07 Å². The second-order valence-electron chi connectivity index (χ2n) is 4.58. The van der Waals surface area contributed by atoms with Crippen LogP contribution in [-0.4, -0.2) is 37.3 Å². The van der Waals surface area contributed by atoms with E-state index >= 15 is 0 Å². The summed E-state index contributed by atoms with van der Waals surface area (Å²) in [6.07, 6.45) is 6.91. The van der Waals surface area contributed by atoms with Crippen molar-refractivity contribution < 1.29 is 0 Å². The molecule has 0 saturated heterocycles. The molecular weight excluding hydrogens is 264 g/mol. The average Bonchev–Trinajstić information content (AvgIpc) is 3.08. The molecule has 0 unspecified atom stereocenters. The summed E-state index contributed by atoms with van der Waals surface area (Å²) in [6, 6.07) is 2.37. The lowest BCUT2D eigenvalue weighted by Gasteiger charge is -2.21. The fourth-order valence-electron chi connectivity index (χ4n) is 2.02. The van der Waals surface area contributed by atoms with Gasteiger partial charge < -0.3 is 4.90 Å². The maximum absolute atomic E-state index is 6.01. The van der Waals surface area contributed by atoms with Crippen LogP contribution in [0.2, 0.25) is 5.28 Å². The van der Waals surface area contributed by atoms with Crippen LogP contribution < -0.4 is 4.90 Å². The van der Waals surface area contributed by atoms with Gasteiger partial charge in [0.15, 0.2) is 0 Å². The van der Waals surface area contributed by atoms with Gasteiger partial charge in [-0.25, -0.2) is 4.68 Å². The van der Waals surface area contributed by atoms with E-state index < -0.39 is 0 Å². The average molecular weight is 279 g/mol. The van der Waals surface area contributed by atoms with Gasteiger partial charge in [0.2, 0.25) is 11.2 Å². The summed E-state index contributed by atoms with van der Waals surface area (Å²) in [7, 11) is 0. The Morgan fingerprint density at radius 2 is 2.21 bits per heavy atom. The molecule has 0 bridgehead atoms. The first-order valence-corrected chi connectivity index (χ1v) is 6.84. The summed E-state index contributed by atoms with van der Waals surface area (Å²) >= 11 is 6.01. The fraction of sp³-hybridized carbons (Fsp3) is 0.500. The number of halogens is 1. The van der Waals surface area contributed by atoms with Crippen molar-refractivity contribution >= 4 is 17.5 Å². The molecule has 3 rings (SSSR count). The number of rotatable bonds is 5. The lowest BCUT2D eigenvalue weighted by Crippen LogP contribution is -2.29. The third-order valence-corrected chi connectivity index (χ3v) is 3.17. The molecule has 0 N–H and O–H groups in total. The van der Waals surface area contributed by atoms with E-state index in [1.54, 1.807) is 17.1 Å². The molecule has 1 saturated carbocycles. The van der Waals surface area contributed by atoms with Gasteiger partial charge in [0.05, 0.1) is 0 Å². The maximum Gasteiger partial charge on any atom is 0.256 e. The molecule has 1 aliphatic rings. The van der Waals surface area contributed by atoms with Gasteiger partial charge in [0.1, 0.15) is 0 Å². The van der Waals surface area contributed by atoms with E-state index in [-0.39, 0.29) is 5.28 Å². The zero-order chi connectivity index (χ0) is 13.2. The van der Waals surface area contributed by atoms with Gasteiger partial charge >= 0.3 is 0 Å². The van der Waals surface area contributed by atoms with E-state index in [2.05, 4.69) is 31.9 Å². The molecule has 0 aromatic carbocycles. The molecule has 0 atom stereocenters. The largest absolute Gasteiger partial charge is 0.338 e. The van der Waals surface area contributed by atoms with Crippen molar-refractivity contribution in [3.8, 4) is 5.95 Å². The van der Waals surface area contributed by atoms with E-state index in [9.17, 15) is 0 Å². The molecule has 7 heteroatoms. The van der Waals surface area contributed by atoms with Crippen LogP contribution in [0.3, 0.4) is 0 Å². The first kappa shape index (κ1) is 12.3. The molecule has 1 fully saturated rings. The highest BCUT2D eigenvalue weighted by atomic mass is 35.5. The number of nitrogens with zero attached hydrogens (tertiary/aromatic N) is 6. The van der Waals surface area contributed by atoms with E-state index in [0.717, 1.165) is 13.0 Å². The van der Waals surface area contributed by atoms with Crippen molar-refractivity contribution in [2.75, 3.05) is 11.4 Å². The Hall–Kier alpha value is -1.69. The maximum atomic E-state index is 6.01. The molecule has 6 nitrogen and oxygen atoms in total. The minimum absolute atomic E-state index is 0.206. The molecule has 0 amide bonds. The lowest BCUT2D eigenvalue weighted by atomic mass is 10.4. The molecule has 19 heavy (non-hydrogen) atoms. The van der Waals surface area contributed by atoms with Crippen LogP contribution in [0.5, 0.6) is 0 Å². The highest BCUT2D eigenvalue weighted by Gasteiger charge is 2.30. The zero-order valence-electron chi connectivity index (χ0n) is 10.7. The monoisotopic (exact) mass is 278 g/mol. The Bertz CT molecular complexity index is 551. The van der Waals surface area contributed by atoms with E-state index in [0.29, 0.717) is 17.9 Å². The molecule has 100 valence electrons. The topological polar surface area (TPSA) is 59.7 Å². The summed E-state index contributed by atoms with van der Waals surface area (Å²) in [6.45, 7) is 3.08. The summed E-state index contributed by atoms with van der Waals surface area (Å²) < 4.78 is 1.59. The molecular formula is C12H15ClN6. The van der Waals surface area contributed by atoms with Crippen molar-refractivity contribution in [2.24, 2.45) is 0 Å². The van der Waals surface area contributed by atoms with Gasteiger partial charge in [-0.2, -0.15) is 20.1 Å². The van der Waals surface area contributed by atoms with Crippen LogP contribution in [0.4, 0.5) is 5.95 Å². The van der Waals surface area contributed by atoms with Gasteiger partial charge in [-0.15, -0.1) is 0 Å². The Balaban J connectivity index is 1.96. The Morgan fingerprint density at radius 3 is 2.84 bits per heavy atom. The van der Waals surface area contributed by atoms with Crippen molar-refractivity contribution in [3.63, 3.8) is 0 Å². The standard InChI is InChI=1S/C12H15ClN6/c1-2-7-18(9-4-5-9)11-15-10(13)16-12(17-11)19-8-3-6-14-19/h3,6,8-9H,2,4-5,7H2,1H3. The minimum atomic E-state index is 0.206. The van der Waals surface area contributed by atoms with Crippen LogP contribution in [0.15, 0.2) is 18.5 Å². The first-order chi connectivity index (χ1) is 9.28. The molecule has 0 radical (unpaired) electrons. The van der Waals surface area contributed by atoms with Gasteiger partial charge in [0.25, 0.3) is 5.95 Å². The zero-order valence-corrected chi connectivity index (χ0v) is 11.5. The molecule has 2 heterocycles. The number of anilines is 1. The van der Waals surface area contributed by atoms with Crippen molar-refractivity contribution in [3.05, 3.63) is 23.7 Å². The summed E-state index contributed by atoms with van der Waals surface area (Å²) in [5.74, 6) is 1.11. The highest BCUT2D eigenvalue weighted by molar-refractivity contribution is 6.28. The number of hydrogen-bond donors (Lipinski definition) is 0. The Kier molecular flexibility index (Phi) is 3.33. The molecule has 1 aliphatic carbocycles. The van der Waals surface area contributed by atoms with E-state index in [1.165, 1.54) is 12.8 Å². The number of hydrogen-bond acceptors (Lipinski definition) is 5. The minimum Gasteiger partial charge on any atom is -0.338 e. The van der Waals surface area contributed by atoms with Crippen LogP contribution >= 0.6 is 11.6 Å². The molecule has 2 aromatic rings. The Labute approximate surface area is 116 Å². The van der Waals surface area contributed by atoms with Gasteiger partial charge in [-0.1, -0.05) is 6.92 Å². The fourth-order valence-corrected chi connectivity index (χ4v) is 2.17. The SMILES string of the molecule is CCCN(c1nc(Cl)nc(-n2cccn2)n1)C1CC1. The van der Waals surface area contributed by atoms with Crippen molar-refractivity contribution in [1.29, 1.82) is 0 Å². The van der Waals surface area contributed by atoms with Crippen molar-refractivity contribution in [2.45, 2.75) is 32.2 Å². The third-order valence-electron chi connectivity index (χ3n) is 3.00.